The molecule has 0 bridgehead atoms. The van der Waals surface area contributed by atoms with Crippen molar-refractivity contribution < 1.29 is 4.74 Å². The van der Waals surface area contributed by atoms with E-state index in [1.54, 1.807) is 18.0 Å². The van der Waals surface area contributed by atoms with Gasteiger partial charge in [0.05, 0.1) is 17.4 Å². The van der Waals surface area contributed by atoms with Crippen LogP contribution in [0.2, 0.25) is 0 Å². The summed E-state index contributed by atoms with van der Waals surface area (Å²) in [6, 6.07) is 3.93. The first kappa shape index (κ1) is 11.0. The maximum absolute atomic E-state index is 5.40. The molecule has 0 aliphatic carbocycles. The lowest BCUT2D eigenvalue weighted by molar-refractivity contribution is 0.0624. The van der Waals surface area contributed by atoms with Crippen LogP contribution in [0.1, 0.15) is 12.8 Å². The number of aromatic nitrogens is 1. The molecule has 17 heavy (non-hydrogen) atoms. The van der Waals surface area contributed by atoms with Crippen molar-refractivity contribution in [2.75, 3.05) is 24.3 Å². The van der Waals surface area contributed by atoms with Crippen LogP contribution in [0.25, 0.3) is 0 Å². The molecule has 90 valence electrons. The summed E-state index contributed by atoms with van der Waals surface area (Å²) in [4.78, 5) is 8.92. The molecule has 1 spiro atoms. The van der Waals surface area contributed by atoms with Crippen molar-refractivity contribution in [2.45, 2.75) is 18.4 Å². The van der Waals surface area contributed by atoms with Gasteiger partial charge in [-0.25, -0.2) is 0 Å². The SMILES string of the molecule is c1cncc(NC2=NC3(CCOCC3)CS2)c1. The molecule has 1 fully saturated rings. The summed E-state index contributed by atoms with van der Waals surface area (Å²) in [6.45, 7) is 1.68. The lowest BCUT2D eigenvalue weighted by atomic mass is 9.93. The Morgan fingerprint density at radius 3 is 3.00 bits per heavy atom. The largest absolute Gasteiger partial charge is 0.381 e. The zero-order valence-electron chi connectivity index (χ0n) is 9.56. The average Bonchev–Trinajstić information content (AvgIpc) is 2.74. The monoisotopic (exact) mass is 249 g/mol. The third-order valence-electron chi connectivity index (χ3n) is 3.15. The summed E-state index contributed by atoms with van der Waals surface area (Å²) in [5, 5.41) is 4.34. The van der Waals surface area contributed by atoms with Gasteiger partial charge in [-0.05, 0) is 25.0 Å². The number of hydrogen-bond donors (Lipinski definition) is 1. The molecule has 1 saturated heterocycles. The number of rotatable bonds is 1. The third-order valence-corrected chi connectivity index (χ3v) is 4.30. The zero-order chi connectivity index (χ0) is 11.6. The first-order chi connectivity index (χ1) is 8.36. The molecule has 0 aromatic carbocycles. The minimum absolute atomic E-state index is 0.119. The van der Waals surface area contributed by atoms with Gasteiger partial charge < -0.3 is 10.1 Å². The number of ether oxygens (including phenoxy) is 1. The fraction of sp³-hybridized carbons (Fsp3) is 0.500. The molecule has 3 heterocycles. The van der Waals surface area contributed by atoms with E-state index in [0.717, 1.165) is 42.7 Å². The summed E-state index contributed by atoms with van der Waals surface area (Å²) >= 11 is 1.80. The van der Waals surface area contributed by atoms with Gasteiger partial charge in [0.2, 0.25) is 0 Å². The van der Waals surface area contributed by atoms with Crippen LogP contribution in [0.15, 0.2) is 29.5 Å². The molecule has 3 rings (SSSR count). The highest BCUT2D eigenvalue weighted by Crippen LogP contribution is 2.36. The number of amidine groups is 1. The maximum Gasteiger partial charge on any atom is 0.161 e. The summed E-state index contributed by atoms with van der Waals surface area (Å²) < 4.78 is 5.40. The first-order valence-electron chi connectivity index (χ1n) is 5.84. The van der Waals surface area contributed by atoms with Gasteiger partial charge in [0.1, 0.15) is 0 Å². The Kier molecular flexibility index (Phi) is 3.03. The van der Waals surface area contributed by atoms with Gasteiger partial charge in [-0.2, -0.15) is 0 Å². The number of anilines is 1. The van der Waals surface area contributed by atoms with Gasteiger partial charge in [-0.3, -0.25) is 9.98 Å². The van der Waals surface area contributed by atoms with Gasteiger partial charge >= 0.3 is 0 Å². The fourth-order valence-corrected chi connectivity index (χ4v) is 3.32. The standard InChI is InChI=1S/C12H15N3OS/c1-2-10(8-13-5-1)14-11-15-12(9-17-11)3-6-16-7-4-12/h1-2,5,8H,3-4,6-7,9H2,(H,14,15). The molecule has 0 atom stereocenters. The second-order valence-corrected chi connectivity index (χ2v) is 5.37. The van der Waals surface area contributed by atoms with Crippen LogP contribution >= 0.6 is 11.8 Å². The molecule has 1 N–H and O–H groups in total. The van der Waals surface area contributed by atoms with E-state index in [1.165, 1.54) is 0 Å². The van der Waals surface area contributed by atoms with Crippen LogP contribution in [0.5, 0.6) is 0 Å². The Morgan fingerprint density at radius 1 is 1.35 bits per heavy atom. The zero-order valence-corrected chi connectivity index (χ0v) is 10.4. The Hall–Kier alpha value is -1.07. The number of thioether (sulfide) groups is 1. The van der Waals surface area contributed by atoms with Gasteiger partial charge in [0.15, 0.2) is 5.17 Å². The predicted octanol–water partition coefficient (Wildman–Crippen LogP) is 2.15. The first-order valence-corrected chi connectivity index (χ1v) is 6.82. The second-order valence-electron chi connectivity index (χ2n) is 4.41. The van der Waals surface area contributed by atoms with Crippen molar-refractivity contribution in [3.8, 4) is 0 Å². The van der Waals surface area contributed by atoms with Crippen LogP contribution in [0.4, 0.5) is 5.69 Å². The molecule has 2 aliphatic heterocycles. The van der Waals surface area contributed by atoms with Gasteiger partial charge in [0.25, 0.3) is 0 Å². The van der Waals surface area contributed by atoms with Crippen LogP contribution in [-0.4, -0.2) is 34.7 Å². The fourth-order valence-electron chi connectivity index (χ4n) is 2.11. The lowest BCUT2D eigenvalue weighted by Gasteiger charge is -2.29. The van der Waals surface area contributed by atoms with Crippen LogP contribution in [0.3, 0.4) is 0 Å². The van der Waals surface area contributed by atoms with E-state index in [-0.39, 0.29) is 5.54 Å². The Bertz CT molecular complexity index is 415. The van der Waals surface area contributed by atoms with Gasteiger partial charge in [-0.15, -0.1) is 0 Å². The number of nitrogens with zero attached hydrogens (tertiary/aromatic N) is 2. The van der Waals surface area contributed by atoms with Gasteiger partial charge in [-0.1, -0.05) is 11.8 Å². The van der Waals surface area contributed by atoms with Gasteiger partial charge in [0, 0.05) is 25.2 Å². The van der Waals surface area contributed by atoms with Crippen molar-refractivity contribution in [3.05, 3.63) is 24.5 Å². The molecule has 5 heteroatoms. The van der Waals surface area contributed by atoms with Crippen molar-refractivity contribution in [2.24, 2.45) is 4.99 Å². The lowest BCUT2D eigenvalue weighted by Crippen LogP contribution is -2.34. The molecule has 0 radical (unpaired) electrons. The van der Waals surface area contributed by atoms with Crippen molar-refractivity contribution >= 4 is 22.6 Å². The molecule has 1 aromatic rings. The third kappa shape index (κ3) is 2.45. The summed E-state index contributed by atoms with van der Waals surface area (Å²) in [5.41, 5.74) is 1.12. The van der Waals surface area contributed by atoms with Crippen LogP contribution < -0.4 is 5.32 Å². The van der Waals surface area contributed by atoms with E-state index in [2.05, 4.69) is 10.3 Å². The second kappa shape index (κ2) is 4.66. The van der Waals surface area contributed by atoms with E-state index in [9.17, 15) is 0 Å². The van der Waals surface area contributed by atoms with Crippen molar-refractivity contribution in [1.82, 2.24) is 4.98 Å². The summed E-state index contributed by atoms with van der Waals surface area (Å²) in [6.07, 6.45) is 5.67. The normalized spacial score (nSPS) is 22.5. The van der Waals surface area contributed by atoms with Crippen molar-refractivity contribution in [1.29, 1.82) is 0 Å². The highest BCUT2D eigenvalue weighted by Gasteiger charge is 2.37. The van der Waals surface area contributed by atoms with Crippen LogP contribution in [-0.2, 0) is 4.74 Å². The Morgan fingerprint density at radius 2 is 2.24 bits per heavy atom. The van der Waals surface area contributed by atoms with E-state index in [0.29, 0.717) is 0 Å². The quantitative estimate of drug-likeness (QED) is 0.828. The maximum atomic E-state index is 5.40. The predicted molar refractivity (Wildman–Crippen MR) is 70.5 cm³/mol. The molecule has 0 saturated carbocycles. The summed E-state index contributed by atoms with van der Waals surface area (Å²) in [5.74, 6) is 1.07. The summed E-state index contributed by atoms with van der Waals surface area (Å²) in [7, 11) is 0. The highest BCUT2D eigenvalue weighted by atomic mass is 32.2. The smallest absolute Gasteiger partial charge is 0.161 e. The minimum Gasteiger partial charge on any atom is -0.381 e. The number of nitrogens with one attached hydrogen (secondary N) is 1. The molecular formula is C12H15N3OS. The molecule has 4 nitrogen and oxygen atoms in total. The minimum atomic E-state index is 0.119. The topological polar surface area (TPSA) is 46.5 Å². The molecule has 0 unspecified atom stereocenters. The molecule has 2 aliphatic rings. The van der Waals surface area contributed by atoms with E-state index >= 15 is 0 Å². The molecule has 1 aromatic heterocycles. The molecule has 0 amide bonds. The Balaban J connectivity index is 1.71. The van der Waals surface area contributed by atoms with E-state index in [1.807, 2.05) is 18.3 Å². The van der Waals surface area contributed by atoms with E-state index < -0.39 is 0 Å². The average molecular weight is 249 g/mol. The van der Waals surface area contributed by atoms with Crippen molar-refractivity contribution in [3.63, 3.8) is 0 Å². The number of pyridine rings is 1. The highest BCUT2D eigenvalue weighted by molar-refractivity contribution is 8.14. The van der Waals surface area contributed by atoms with E-state index in [4.69, 9.17) is 9.73 Å². The molecular weight excluding hydrogens is 234 g/mol. The van der Waals surface area contributed by atoms with Crippen LogP contribution in [0, 0.1) is 0 Å². The Labute approximate surface area is 105 Å². The number of hydrogen-bond acceptors (Lipinski definition) is 5. The number of aliphatic imine (C=N–C) groups is 1.